The van der Waals surface area contributed by atoms with Crippen molar-refractivity contribution >= 4 is 12.4 Å². The zero-order chi connectivity index (χ0) is 15.8. The topological polar surface area (TPSA) is 17.8 Å². The van der Waals surface area contributed by atoms with E-state index in [1.165, 1.54) is 18.7 Å². The lowest BCUT2D eigenvalue weighted by molar-refractivity contribution is 0.522. The van der Waals surface area contributed by atoms with Crippen LogP contribution in [-0.4, -0.2) is 9.55 Å². The summed E-state index contributed by atoms with van der Waals surface area (Å²) in [6, 6.07) is 13.6. The molecule has 4 rings (SSSR count). The summed E-state index contributed by atoms with van der Waals surface area (Å²) in [5.41, 5.74) is 4.75. The van der Waals surface area contributed by atoms with Crippen LogP contribution in [0.3, 0.4) is 0 Å². The highest BCUT2D eigenvalue weighted by atomic mass is 35.5. The van der Waals surface area contributed by atoms with Gasteiger partial charge in [0.25, 0.3) is 0 Å². The quantitative estimate of drug-likeness (QED) is 0.607. The second kappa shape index (κ2) is 6.78. The lowest BCUT2D eigenvalue weighted by Gasteiger charge is -2.11. The normalized spacial score (nSPS) is 13.2. The van der Waals surface area contributed by atoms with Crippen molar-refractivity contribution in [2.24, 2.45) is 0 Å². The molecule has 24 heavy (non-hydrogen) atoms. The number of benzene rings is 2. The van der Waals surface area contributed by atoms with Gasteiger partial charge in [0.15, 0.2) is 0 Å². The minimum absolute atomic E-state index is 0. The third-order valence-corrected chi connectivity index (χ3v) is 4.59. The summed E-state index contributed by atoms with van der Waals surface area (Å²) in [5, 5.41) is 0. The molecule has 0 spiro atoms. The second-order valence-electron chi connectivity index (χ2n) is 6.23. The average molecular weight is 343 g/mol. The molecule has 0 unspecified atom stereocenters. The zero-order valence-corrected chi connectivity index (χ0v) is 14.4. The SMILES string of the molecule is Cc1ccc(-c2ccc(-c3cn4c(n3)CCCC4)cc2)cc1F.Cl. The molecule has 3 aromatic rings. The molecule has 1 aliphatic rings. The fraction of sp³-hybridized carbons (Fsp3) is 0.250. The Balaban J connectivity index is 0.00000169. The number of hydrogen-bond donors (Lipinski definition) is 0. The molecule has 0 aliphatic carbocycles. The van der Waals surface area contributed by atoms with Crippen LogP contribution >= 0.6 is 12.4 Å². The number of nitrogens with zero attached hydrogens (tertiary/aromatic N) is 2. The molecule has 4 heteroatoms. The molecular weight excluding hydrogens is 323 g/mol. The van der Waals surface area contributed by atoms with Crippen LogP contribution in [0.5, 0.6) is 0 Å². The van der Waals surface area contributed by atoms with Crippen molar-refractivity contribution in [3.05, 3.63) is 65.9 Å². The van der Waals surface area contributed by atoms with Crippen LogP contribution in [0.4, 0.5) is 4.39 Å². The number of fused-ring (bicyclic) bond motifs is 1. The third kappa shape index (κ3) is 3.09. The Bertz CT molecular complexity index is 829. The number of imidazole rings is 1. The van der Waals surface area contributed by atoms with Crippen molar-refractivity contribution in [2.75, 3.05) is 0 Å². The Morgan fingerprint density at radius 1 is 0.958 bits per heavy atom. The second-order valence-corrected chi connectivity index (χ2v) is 6.23. The molecule has 2 nitrogen and oxygen atoms in total. The van der Waals surface area contributed by atoms with E-state index in [-0.39, 0.29) is 18.2 Å². The first-order valence-electron chi connectivity index (χ1n) is 8.14. The predicted octanol–water partition coefficient (Wildman–Crippen LogP) is 5.42. The molecule has 0 N–H and O–H groups in total. The van der Waals surface area contributed by atoms with Crippen LogP contribution in [0.15, 0.2) is 48.7 Å². The van der Waals surface area contributed by atoms with Gasteiger partial charge in [-0.1, -0.05) is 36.4 Å². The maximum atomic E-state index is 13.7. The summed E-state index contributed by atoms with van der Waals surface area (Å²) < 4.78 is 16.0. The number of aromatic nitrogens is 2. The highest BCUT2D eigenvalue weighted by molar-refractivity contribution is 5.85. The van der Waals surface area contributed by atoms with Gasteiger partial charge >= 0.3 is 0 Å². The molecule has 2 heterocycles. The molecule has 0 saturated carbocycles. The van der Waals surface area contributed by atoms with E-state index in [0.29, 0.717) is 5.56 Å². The Labute approximate surface area is 147 Å². The van der Waals surface area contributed by atoms with Gasteiger partial charge < -0.3 is 4.57 Å². The van der Waals surface area contributed by atoms with E-state index >= 15 is 0 Å². The molecule has 0 fully saturated rings. The van der Waals surface area contributed by atoms with E-state index in [1.807, 2.05) is 24.3 Å². The highest BCUT2D eigenvalue weighted by Crippen LogP contribution is 2.27. The molecule has 1 aromatic heterocycles. The van der Waals surface area contributed by atoms with Crippen molar-refractivity contribution in [3.63, 3.8) is 0 Å². The van der Waals surface area contributed by atoms with E-state index in [1.54, 1.807) is 13.0 Å². The standard InChI is InChI=1S/C20H19FN2.ClH/c1-14-5-6-17(12-18(14)21)15-7-9-16(10-8-15)19-13-23-11-3-2-4-20(23)22-19;/h5-10,12-13H,2-4,11H2,1H3;1H. The van der Waals surface area contributed by atoms with Crippen molar-refractivity contribution in [1.82, 2.24) is 9.55 Å². The molecule has 124 valence electrons. The summed E-state index contributed by atoms with van der Waals surface area (Å²) in [5.74, 6) is 1.03. The summed E-state index contributed by atoms with van der Waals surface area (Å²) in [4.78, 5) is 4.75. The summed E-state index contributed by atoms with van der Waals surface area (Å²) in [6.45, 7) is 2.85. The van der Waals surface area contributed by atoms with Gasteiger partial charge in [-0.2, -0.15) is 0 Å². The number of rotatable bonds is 2. The Hall–Kier alpha value is -2.13. The lowest BCUT2D eigenvalue weighted by Crippen LogP contribution is -2.08. The highest BCUT2D eigenvalue weighted by Gasteiger charge is 2.13. The van der Waals surface area contributed by atoms with Gasteiger partial charge in [0.05, 0.1) is 5.69 Å². The van der Waals surface area contributed by atoms with Crippen LogP contribution in [0.2, 0.25) is 0 Å². The minimum Gasteiger partial charge on any atom is -0.334 e. The largest absolute Gasteiger partial charge is 0.334 e. The van der Waals surface area contributed by atoms with Gasteiger partial charge in [-0.3, -0.25) is 0 Å². The van der Waals surface area contributed by atoms with Gasteiger partial charge in [0.2, 0.25) is 0 Å². The van der Waals surface area contributed by atoms with E-state index in [0.717, 1.165) is 35.3 Å². The van der Waals surface area contributed by atoms with Crippen molar-refractivity contribution < 1.29 is 4.39 Å². The first-order chi connectivity index (χ1) is 11.2. The number of halogens is 2. The molecule has 1 aliphatic heterocycles. The van der Waals surface area contributed by atoms with Crippen LogP contribution in [0, 0.1) is 12.7 Å². The molecule has 0 amide bonds. The maximum Gasteiger partial charge on any atom is 0.126 e. The van der Waals surface area contributed by atoms with E-state index in [2.05, 4.69) is 22.9 Å². The molecule has 0 atom stereocenters. The molecule has 0 bridgehead atoms. The third-order valence-electron chi connectivity index (χ3n) is 4.59. The molecule has 0 saturated heterocycles. The van der Waals surface area contributed by atoms with E-state index in [9.17, 15) is 4.39 Å². The lowest BCUT2D eigenvalue weighted by atomic mass is 10.0. The summed E-state index contributed by atoms with van der Waals surface area (Å²) in [6.07, 6.45) is 5.69. The Morgan fingerprint density at radius 2 is 1.67 bits per heavy atom. The average Bonchev–Trinajstić information content (AvgIpc) is 3.02. The van der Waals surface area contributed by atoms with Crippen LogP contribution < -0.4 is 0 Å². The fourth-order valence-corrected chi connectivity index (χ4v) is 3.16. The minimum atomic E-state index is -0.159. The first kappa shape index (κ1) is 16.7. The molecule has 0 radical (unpaired) electrons. The van der Waals surface area contributed by atoms with Gasteiger partial charge in [-0.15, -0.1) is 12.4 Å². The Morgan fingerprint density at radius 3 is 2.38 bits per heavy atom. The Kier molecular flexibility index (Phi) is 4.72. The van der Waals surface area contributed by atoms with Crippen LogP contribution in [0.25, 0.3) is 22.4 Å². The number of aryl methyl sites for hydroxylation is 3. The van der Waals surface area contributed by atoms with Crippen LogP contribution in [0.1, 0.15) is 24.2 Å². The molecular formula is C20H20ClFN2. The molecule has 2 aromatic carbocycles. The van der Waals surface area contributed by atoms with Crippen LogP contribution in [-0.2, 0) is 13.0 Å². The predicted molar refractivity (Wildman–Crippen MR) is 98.0 cm³/mol. The number of hydrogen-bond acceptors (Lipinski definition) is 1. The van der Waals surface area contributed by atoms with Crippen molar-refractivity contribution in [1.29, 1.82) is 0 Å². The zero-order valence-electron chi connectivity index (χ0n) is 13.6. The first-order valence-corrected chi connectivity index (χ1v) is 8.14. The van der Waals surface area contributed by atoms with E-state index in [4.69, 9.17) is 4.98 Å². The van der Waals surface area contributed by atoms with Crippen molar-refractivity contribution in [3.8, 4) is 22.4 Å². The monoisotopic (exact) mass is 342 g/mol. The smallest absolute Gasteiger partial charge is 0.126 e. The van der Waals surface area contributed by atoms with Gasteiger partial charge in [0.1, 0.15) is 11.6 Å². The summed E-state index contributed by atoms with van der Waals surface area (Å²) in [7, 11) is 0. The fourth-order valence-electron chi connectivity index (χ4n) is 3.16. The van der Waals surface area contributed by atoms with Gasteiger partial charge in [-0.25, -0.2) is 9.37 Å². The van der Waals surface area contributed by atoms with Gasteiger partial charge in [-0.05, 0) is 42.5 Å². The summed E-state index contributed by atoms with van der Waals surface area (Å²) >= 11 is 0. The van der Waals surface area contributed by atoms with E-state index < -0.39 is 0 Å². The van der Waals surface area contributed by atoms with Gasteiger partial charge in [0, 0.05) is 24.7 Å². The van der Waals surface area contributed by atoms with Crippen molar-refractivity contribution in [2.45, 2.75) is 32.7 Å². The maximum absolute atomic E-state index is 13.7.